The van der Waals surface area contributed by atoms with Gasteiger partial charge in [0.15, 0.2) is 0 Å². The lowest BCUT2D eigenvalue weighted by Gasteiger charge is -2.19. The molecule has 4 rings (SSSR count). The number of aliphatic imine (C=N–C) groups is 1. The van der Waals surface area contributed by atoms with Crippen molar-refractivity contribution in [3.63, 3.8) is 0 Å². The maximum Gasteiger partial charge on any atom is 0.389 e. The van der Waals surface area contributed by atoms with Crippen molar-refractivity contribution in [1.82, 2.24) is 5.32 Å². The number of nitrogens with zero attached hydrogens (tertiary/aromatic N) is 1. The number of rotatable bonds is 7. The summed E-state index contributed by atoms with van der Waals surface area (Å²) in [6.07, 6.45) is -5.57. The molecule has 2 aromatic rings. The largest absolute Gasteiger partial charge is 0.389 e. The molecule has 2 aromatic carbocycles. The van der Waals surface area contributed by atoms with Crippen LogP contribution in [0.15, 0.2) is 47.5 Å². The summed E-state index contributed by atoms with van der Waals surface area (Å²) < 4.78 is 38.1. The molecule has 0 spiro atoms. The standard InChI is InChI=1S/C23H22ClF3N4O3.C4H8/c1-12-5-2-3-6-14(12)18-15-7-4-8-16(24)19(15)30-22(34)20(29-18)31-21(33)13(11-17(28)32)9-10-23(25,26)27;1-4-2-3-4/h2-8,13,20H,9-11H2,1H3,(H2,28,32)(H,30,34)(H,31,33);4H,2-3H2,1H3. The van der Waals surface area contributed by atoms with Gasteiger partial charge in [0.25, 0.3) is 5.91 Å². The van der Waals surface area contributed by atoms with E-state index in [0.717, 1.165) is 11.5 Å². The lowest BCUT2D eigenvalue weighted by Crippen LogP contribution is -2.45. The molecule has 2 aliphatic rings. The Morgan fingerprint density at radius 3 is 2.37 bits per heavy atom. The van der Waals surface area contributed by atoms with E-state index in [4.69, 9.17) is 17.3 Å². The summed E-state index contributed by atoms with van der Waals surface area (Å²) in [6, 6.07) is 12.2. The van der Waals surface area contributed by atoms with Crippen LogP contribution in [-0.4, -0.2) is 35.8 Å². The van der Waals surface area contributed by atoms with Gasteiger partial charge in [-0.15, -0.1) is 0 Å². The van der Waals surface area contributed by atoms with Gasteiger partial charge in [0.05, 0.1) is 16.4 Å². The molecule has 1 fully saturated rings. The average Bonchev–Trinajstić information content (AvgIpc) is 3.64. The van der Waals surface area contributed by atoms with E-state index in [0.29, 0.717) is 22.5 Å². The highest BCUT2D eigenvalue weighted by Gasteiger charge is 2.34. The molecule has 0 radical (unpaired) electrons. The number of nitrogens with one attached hydrogen (secondary N) is 2. The van der Waals surface area contributed by atoms with Crippen molar-refractivity contribution in [1.29, 1.82) is 0 Å². The zero-order valence-corrected chi connectivity index (χ0v) is 21.8. The molecule has 1 saturated carbocycles. The van der Waals surface area contributed by atoms with E-state index >= 15 is 0 Å². The number of halogens is 4. The van der Waals surface area contributed by atoms with Crippen molar-refractivity contribution in [2.75, 3.05) is 5.32 Å². The second kappa shape index (κ2) is 12.4. The number of para-hydroxylation sites is 1. The quantitative estimate of drug-likeness (QED) is 0.444. The number of fused-ring (bicyclic) bond motifs is 1. The van der Waals surface area contributed by atoms with E-state index in [1.165, 1.54) is 12.8 Å². The number of benzodiazepines with no additional fused rings is 1. The Labute approximate surface area is 224 Å². The Morgan fingerprint density at radius 1 is 1.16 bits per heavy atom. The highest BCUT2D eigenvalue weighted by atomic mass is 35.5. The van der Waals surface area contributed by atoms with E-state index in [2.05, 4.69) is 22.5 Å². The lowest BCUT2D eigenvalue weighted by atomic mass is 9.97. The number of anilines is 1. The number of hydrogen-bond acceptors (Lipinski definition) is 4. The van der Waals surface area contributed by atoms with E-state index in [-0.39, 0.29) is 5.02 Å². The molecule has 2 unspecified atom stereocenters. The molecule has 38 heavy (non-hydrogen) atoms. The third-order valence-corrected chi connectivity index (χ3v) is 6.48. The Bertz CT molecular complexity index is 1230. The van der Waals surface area contributed by atoms with Crippen molar-refractivity contribution in [2.24, 2.45) is 22.6 Å². The number of primary amides is 1. The molecular formula is C27H30ClF3N4O3. The van der Waals surface area contributed by atoms with Gasteiger partial charge < -0.3 is 16.4 Å². The van der Waals surface area contributed by atoms with Gasteiger partial charge in [-0.25, -0.2) is 4.99 Å². The Balaban J connectivity index is 0.000000912. The molecule has 1 aliphatic carbocycles. The molecule has 204 valence electrons. The molecular weight excluding hydrogens is 521 g/mol. The minimum Gasteiger partial charge on any atom is -0.370 e. The average molecular weight is 551 g/mol. The van der Waals surface area contributed by atoms with Crippen molar-refractivity contribution in [2.45, 2.75) is 58.3 Å². The first-order valence-corrected chi connectivity index (χ1v) is 12.6. The van der Waals surface area contributed by atoms with Crippen molar-refractivity contribution in [3.05, 3.63) is 64.2 Å². The molecule has 1 heterocycles. The molecule has 0 saturated heterocycles. The molecule has 0 bridgehead atoms. The predicted octanol–water partition coefficient (Wildman–Crippen LogP) is 5.13. The van der Waals surface area contributed by atoms with E-state index in [1.807, 2.05) is 19.1 Å². The van der Waals surface area contributed by atoms with Crippen LogP contribution in [0.1, 0.15) is 55.7 Å². The molecule has 0 aromatic heterocycles. The Kier molecular flexibility index (Phi) is 9.54. The third kappa shape index (κ3) is 8.31. The van der Waals surface area contributed by atoms with Crippen LogP contribution in [0.3, 0.4) is 0 Å². The second-order valence-electron chi connectivity index (χ2n) is 9.56. The zero-order valence-electron chi connectivity index (χ0n) is 21.1. The monoisotopic (exact) mass is 550 g/mol. The summed E-state index contributed by atoms with van der Waals surface area (Å²) >= 11 is 6.30. The highest BCUT2D eigenvalue weighted by Crippen LogP contribution is 2.32. The summed E-state index contributed by atoms with van der Waals surface area (Å²) in [5.41, 5.74) is 7.80. The number of nitrogens with two attached hydrogens (primary N) is 1. The maximum absolute atomic E-state index is 12.9. The van der Waals surface area contributed by atoms with Crippen LogP contribution >= 0.6 is 11.6 Å². The Morgan fingerprint density at radius 2 is 1.79 bits per heavy atom. The molecule has 4 N–H and O–H groups in total. The summed E-state index contributed by atoms with van der Waals surface area (Å²) in [7, 11) is 0. The minimum atomic E-state index is -4.52. The van der Waals surface area contributed by atoms with Crippen LogP contribution < -0.4 is 16.4 Å². The summed E-state index contributed by atoms with van der Waals surface area (Å²) in [5, 5.41) is 5.24. The first-order valence-electron chi connectivity index (χ1n) is 12.2. The van der Waals surface area contributed by atoms with Gasteiger partial charge >= 0.3 is 6.18 Å². The molecule has 3 amide bonds. The maximum atomic E-state index is 12.9. The zero-order chi connectivity index (χ0) is 28.0. The summed E-state index contributed by atoms with van der Waals surface area (Å²) in [5.74, 6) is -2.90. The number of carbonyl (C=O) groups is 3. The summed E-state index contributed by atoms with van der Waals surface area (Å²) in [6.45, 7) is 4.12. The smallest absolute Gasteiger partial charge is 0.370 e. The number of benzene rings is 2. The van der Waals surface area contributed by atoms with Crippen LogP contribution in [0.5, 0.6) is 0 Å². The fraction of sp³-hybridized carbons (Fsp3) is 0.407. The van der Waals surface area contributed by atoms with Gasteiger partial charge in [-0.05, 0) is 30.9 Å². The van der Waals surface area contributed by atoms with Crippen LogP contribution in [0, 0.1) is 18.8 Å². The number of alkyl halides is 3. The third-order valence-electron chi connectivity index (χ3n) is 6.16. The van der Waals surface area contributed by atoms with Gasteiger partial charge in [0.2, 0.25) is 18.0 Å². The van der Waals surface area contributed by atoms with E-state index in [9.17, 15) is 27.6 Å². The number of hydrogen-bond donors (Lipinski definition) is 3. The topological polar surface area (TPSA) is 114 Å². The van der Waals surface area contributed by atoms with Crippen molar-refractivity contribution in [3.8, 4) is 0 Å². The molecule has 2 atom stereocenters. The summed E-state index contributed by atoms with van der Waals surface area (Å²) in [4.78, 5) is 41.5. The highest BCUT2D eigenvalue weighted by molar-refractivity contribution is 6.36. The van der Waals surface area contributed by atoms with Gasteiger partial charge in [0, 0.05) is 29.9 Å². The van der Waals surface area contributed by atoms with Crippen molar-refractivity contribution < 1.29 is 27.6 Å². The fourth-order valence-electron chi connectivity index (χ4n) is 3.77. The van der Waals surface area contributed by atoms with Crippen LogP contribution in [0.4, 0.5) is 18.9 Å². The van der Waals surface area contributed by atoms with Gasteiger partial charge in [0.1, 0.15) is 0 Å². The van der Waals surface area contributed by atoms with E-state index < -0.39 is 55.2 Å². The van der Waals surface area contributed by atoms with Gasteiger partial charge in [-0.2, -0.15) is 13.2 Å². The van der Waals surface area contributed by atoms with Crippen molar-refractivity contribution >= 4 is 40.7 Å². The number of amides is 3. The first kappa shape index (κ1) is 29.2. The second-order valence-corrected chi connectivity index (χ2v) is 9.97. The predicted molar refractivity (Wildman–Crippen MR) is 140 cm³/mol. The lowest BCUT2D eigenvalue weighted by molar-refractivity contribution is -0.143. The molecule has 7 nitrogen and oxygen atoms in total. The van der Waals surface area contributed by atoms with Crippen LogP contribution in [0.25, 0.3) is 0 Å². The fourth-order valence-corrected chi connectivity index (χ4v) is 4.00. The normalized spacial score (nSPS) is 17.6. The van der Waals surface area contributed by atoms with Gasteiger partial charge in [-0.1, -0.05) is 67.8 Å². The number of carbonyl (C=O) groups excluding carboxylic acids is 3. The van der Waals surface area contributed by atoms with Crippen LogP contribution in [-0.2, 0) is 14.4 Å². The number of aryl methyl sites for hydroxylation is 1. The SMILES string of the molecule is CC1CC1.Cc1ccccc1C1=NC(NC(=O)C(CCC(F)(F)F)CC(N)=O)C(=O)Nc2c(Cl)cccc21. The molecule has 11 heteroatoms. The minimum absolute atomic E-state index is 0.246. The first-order chi connectivity index (χ1) is 17.9. The van der Waals surface area contributed by atoms with Crippen LogP contribution in [0.2, 0.25) is 5.02 Å². The van der Waals surface area contributed by atoms with E-state index in [1.54, 1.807) is 30.3 Å². The molecule has 1 aliphatic heterocycles. The van der Waals surface area contributed by atoms with Gasteiger partial charge in [-0.3, -0.25) is 14.4 Å². The Hall–Kier alpha value is -3.40.